The molecule has 4 nitrogen and oxygen atoms in total. The second kappa shape index (κ2) is 10.1. The van der Waals surface area contributed by atoms with Crippen molar-refractivity contribution in [3.05, 3.63) is 24.3 Å². The summed E-state index contributed by atoms with van der Waals surface area (Å²) < 4.78 is 22.4. The highest BCUT2D eigenvalue weighted by atomic mass is 31.2. The smallest absolute Gasteiger partial charge is 0.311 e. The minimum atomic E-state index is -3.39. The molecule has 0 spiro atoms. The van der Waals surface area contributed by atoms with Crippen LogP contribution < -0.4 is 0 Å². The minimum Gasteiger partial charge on any atom is -0.311 e. The average molecular weight is 316 g/mol. The maximum atomic E-state index is 12.4. The van der Waals surface area contributed by atoms with Crippen molar-refractivity contribution in [1.29, 1.82) is 0 Å². The molecule has 0 aromatic heterocycles. The quantitative estimate of drug-likeness (QED) is 0.407. The summed E-state index contributed by atoms with van der Waals surface area (Å²) in [5, 5.41) is 0. The van der Waals surface area contributed by atoms with Gasteiger partial charge in [-0.25, -0.2) is 0 Å². The van der Waals surface area contributed by atoms with Crippen molar-refractivity contribution >= 4 is 13.4 Å². The zero-order chi connectivity index (χ0) is 16.5. The molecule has 0 rings (SSSR count). The van der Waals surface area contributed by atoms with Gasteiger partial charge in [0.25, 0.3) is 0 Å². The predicted octanol–water partition coefficient (Wildman–Crippen LogP) is 4.76. The van der Waals surface area contributed by atoms with Crippen LogP contribution in [-0.2, 0) is 18.4 Å². The Hall–Kier alpha value is -0.700. The number of rotatable bonds is 11. The van der Waals surface area contributed by atoms with Crippen LogP contribution in [0.4, 0.5) is 0 Å². The zero-order valence-electron chi connectivity index (χ0n) is 13.9. The second-order valence-corrected chi connectivity index (χ2v) is 8.01. The fourth-order valence-corrected chi connectivity index (χ4v) is 3.69. The van der Waals surface area contributed by atoms with Crippen LogP contribution in [0.2, 0.25) is 0 Å². The number of hydrogen-bond donors (Lipinski definition) is 0. The lowest BCUT2D eigenvalue weighted by Crippen LogP contribution is -2.24. The molecule has 0 aliphatic rings. The van der Waals surface area contributed by atoms with Gasteiger partial charge in [0.2, 0.25) is 0 Å². The van der Waals surface area contributed by atoms with E-state index >= 15 is 0 Å². The molecule has 2 atom stereocenters. The summed E-state index contributed by atoms with van der Waals surface area (Å²) in [6, 6.07) is 0. The number of hydrogen-bond acceptors (Lipinski definition) is 4. The molecule has 0 heterocycles. The normalized spacial score (nSPS) is 14.3. The number of carbonyl (C=O) groups excluding carboxylic acids is 1. The van der Waals surface area contributed by atoms with Crippen molar-refractivity contribution in [2.75, 3.05) is 14.2 Å². The molecule has 5 heteroatoms. The lowest BCUT2D eigenvalue weighted by molar-refractivity contribution is -0.119. The molecule has 0 radical (unpaired) electrons. The fourth-order valence-electron chi connectivity index (χ4n) is 2.16. The molecule has 0 fully saturated rings. The molecule has 122 valence electrons. The first kappa shape index (κ1) is 20.3. The zero-order valence-corrected chi connectivity index (χ0v) is 14.8. The van der Waals surface area contributed by atoms with Gasteiger partial charge in [-0.2, -0.15) is 0 Å². The van der Waals surface area contributed by atoms with Gasteiger partial charge in [-0.1, -0.05) is 24.6 Å². The Morgan fingerprint density at radius 3 is 2.29 bits per heavy atom. The third-order valence-electron chi connectivity index (χ3n) is 3.41. The van der Waals surface area contributed by atoms with Gasteiger partial charge >= 0.3 is 7.60 Å². The highest BCUT2D eigenvalue weighted by Gasteiger charge is 2.38. The molecular formula is C16H29O4P. The first-order chi connectivity index (χ1) is 9.80. The average Bonchev–Trinajstić information content (AvgIpc) is 2.43. The fraction of sp³-hybridized carbons (Fsp3) is 0.688. The summed E-state index contributed by atoms with van der Waals surface area (Å²) in [6.45, 7) is 9.77. The molecule has 0 saturated heterocycles. The maximum absolute atomic E-state index is 12.4. The van der Waals surface area contributed by atoms with E-state index in [-0.39, 0.29) is 11.7 Å². The number of carbonyl (C=O) groups is 1. The van der Waals surface area contributed by atoms with E-state index in [0.29, 0.717) is 12.8 Å². The van der Waals surface area contributed by atoms with Crippen LogP contribution in [0.1, 0.15) is 46.5 Å². The summed E-state index contributed by atoms with van der Waals surface area (Å²) in [6.07, 6.45) is 6.32. The van der Waals surface area contributed by atoms with Gasteiger partial charge in [-0.3, -0.25) is 9.36 Å². The molecular weight excluding hydrogens is 287 g/mol. The Bertz CT molecular complexity index is 403. The third kappa shape index (κ3) is 7.21. The van der Waals surface area contributed by atoms with Crippen LogP contribution in [0.3, 0.4) is 0 Å². The lowest BCUT2D eigenvalue weighted by Gasteiger charge is -2.23. The molecule has 0 amide bonds. The van der Waals surface area contributed by atoms with E-state index in [0.717, 1.165) is 12.8 Å². The van der Waals surface area contributed by atoms with E-state index < -0.39 is 13.3 Å². The molecule has 0 aromatic rings. The summed E-state index contributed by atoms with van der Waals surface area (Å²) in [7, 11) is -0.772. The van der Waals surface area contributed by atoms with Crippen molar-refractivity contribution < 1.29 is 18.4 Å². The summed E-state index contributed by atoms with van der Waals surface area (Å²) >= 11 is 0. The van der Waals surface area contributed by atoms with Crippen molar-refractivity contribution in [1.82, 2.24) is 0 Å². The van der Waals surface area contributed by atoms with Crippen LogP contribution in [0.25, 0.3) is 0 Å². The van der Waals surface area contributed by atoms with Crippen LogP contribution in [0, 0.1) is 5.92 Å². The Balaban J connectivity index is 4.72. The van der Waals surface area contributed by atoms with E-state index in [1.54, 1.807) is 6.08 Å². The summed E-state index contributed by atoms with van der Waals surface area (Å²) in [4.78, 5) is 12.4. The molecule has 21 heavy (non-hydrogen) atoms. The van der Waals surface area contributed by atoms with E-state index in [9.17, 15) is 9.36 Å². The third-order valence-corrected chi connectivity index (χ3v) is 5.69. The molecule has 0 aliphatic heterocycles. The SMILES string of the molecule is C=CCC(C(=O)C[C@H](C)CCC=C(C)C)P(=O)(OC)OC. The van der Waals surface area contributed by atoms with Gasteiger partial charge in [0.15, 0.2) is 0 Å². The van der Waals surface area contributed by atoms with Crippen molar-refractivity contribution in [3.63, 3.8) is 0 Å². The molecule has 0 aliphatic carbocycles. The van der Waals surface area contributed by atoms with E-state index in [4.69, 9.17) is 9.05 Å². The Kier molecular flexibility index (Phi) is 9.76. The number of Topliss-reactive ketones (excluding diaryl/α,β-unsaturated/α-hetero) is 1. The van der Waals surface area contributed by atoms with Crippen LogP contribution in [0.15, 0.2) is 24.3 Å². The summed E-state index contributed by atoms with van der Waals surface area (Å²) in [5.74, 6) is 0.161. The Morgan fingerprint density at radius 2 is 1.86 bits per heavy atom. The van der Waals surface area contributed by atoms with E-state index in [1.165, 1.54) is 19.8 Å². The van der Waals surface area contributed by atoms with Crippen molar-refractivity contribution in [2.45, 2.75) is 52.1 Å². The predicted molar refractivity (Wildman–Crippen MR) is 87.7 cm³/mol. The topological polar surface area (TPSA) is 52.6 Å². The standard InChI is InChI=1S/C16H29O4P/c1-7-9-16(21(18,19-5)20-6)15(17)12-14(4)11-8-10-13(2)3/h7,10,14,16H,1,8-9,11-12H2,2-6H3/t14-,16?/m1/s1. The molecule has 0 N–H and O–H groups in total. The summed E-state index contributed by atoms with van der Waals surface area (Å²) in [5.41, 5.74) is 0.525. The van der Waals surface area contributed by atoms with Crippen molar-refractivity contribution in [3.8, 4) is 0 Å². The van der Waals surface area contributed by atoms with Gasteiger partial charge in [0, 0.05) is 20.6 Å². The monoisotopic (exact) mass is 316 g/mol. The maximum Gasteiger partial charge on any atom is 0.340 e. The highest BCUT2D eigenvalue weighted by Crippen LogP contribution is 2.53. The van der Waals surface area contributed by atoms with Gasteiger partial charge in [0.1, 0.15) is 11.4 Å². The molecule has 0 saturated carbocycles. The Morgan fingerprint density at radius 1 is 1.29 bits per heavy atom. The van der Waals surface area contributed by atoms with Gasteiger partial charge in [-0.05, 0) is 39.0 Å². The van der Waals surface area contributed by atoms with Gasteiger partial charge < -0.3 is 9.05 Å². The molecule has 0 bridgehead atoms. The largest absolute Gasteiger partial charge is 0.340 e. The van der Waals surface area contributed by atoms with Crippen molar-refractivity contribution in [2.24, 2.45) is 5.92 Å². The first-order valence-corrected chi connectivity index (χ1v) is 8.90. The Labute approximate surface area is 129 Å². The molecule has 1 unspecified atom stereocenters. The van der Waals surface area contributed by atoms with Crippen LogP contribution >= 0.6 is 7.60 Å². The van der Waals surface area contributed by atoms with Crippen LogP contribution in [0.5, 0.6) is 0 Å². The van der Waals surface area contributed by atoms with Crippen LogP contribution in [-0.4, -0.2) is 25.7 Å². The second-order valence-electron chi connectivity index (χ2n) is 5.58. The van der Waals surface area contributed by atoms with Gasteiger partial charge in [-0.15, -0.1) is 6.58 Å². The lowest BCUT2D eigenvalue weighted by atomic mass is 9.96. The van der Waals surface area contributed by atoms with E-state index in [1.807, 2.05) is 6.92 Å². The minimum absolute atomic E-state index is 0.0772. The number of ketones is 1. The first-order valence-electron chi connectivity index (χ1n) is 7.28. The molecule has 0 aromatic carbocycles. The van der Waals surface area contributed by atoms with Gasteiger partial charge in [0.05, 0.1) is 0 Å². The highest BCUT2D eigenvalue weighted by molar-refractivity contribution is 7.55. The van der Waals surface area contributed by atoms with E-state index in [2.05, 4.69) is 26.5 Å². The number of allylic oxidation sites excluding steroid dienone is 3.